The van der Waals surface area contributed by atoms with Crippen molar-refractivity contribution in [3.05, 3.63) is 0 Å². The van der Waals surface area contributed by atoms with Crippen LogP contribution in [-0.2, 0) is 0 Å². The van der Waals surface area contributed by atoms with Crippen LogP contribution in [0.3, 0.4) is 0 Å². The molecule has 0 aromatic rings. The number of nitrogens with zero attached hydrogens (tertiary/aromatic N) is 2. The van der Waals surface area contributed by atoms with Crippen LogP contribution in [0.2, 0.25) is 0 Å². The predicted molar refractivity (Wildman–Crippen MR) is 85.7 cm³/mol. The Morgan fingerprint density at radius 2 is 1.53 bits per heavy atom. The smallest absolute Gasteiger partial charge is 0.0116 e. The maximum Gasteiger partial charge on any atom is 0.0116 e. The van der Waals surface area contributed by atoms with Crippen molar-refractivity contribution in [2.75, 3.05) is 33.7 Å². The standard InChI is InChI=1S/C9H20N2.C8H16/c1-4-11(3)9-5-7-10(2)8-6-9;1-2-8-6-4-3-5-7-8/h9H,4-8H2,1-3H3;8H,2-7H2,1H3. The lowest BCUT2D eigenvalue weighted by Gasteiger charge is -2.34. The van der Waals surface area contributed by atoms with Crippen molar-refractivity contribution in [1.82, 2.24) is 9.80 Å². The zero-order valence-corrected chi connectivity index (χ0v) is 13.8. The number of hydrogen-bond donors (Lipinski definition) is 0. The van der Waals surface area contributed by atoms with Crippen LogP contribution in [0.1, 0.15) is 65.2 Å². The van der Waals surface area contributed by atoms with Crippen molar-refractivity contribution >= 4 is 0 Å². The molecule has 0 bridgehead atoms. The Hall–Kier alpha value is -0.0800. The second-order valence-electron chi connectivity index (χ2n) is 6.52. The molecule has 0 spiro atoms. The van der Waals surface area contributed by atoms with Gasteiger partial charge in [0.1, 0.15) is 0 Å². The Bertz CT molecular complexity index is 203. The maximum atomic E-state index is 2.47. The van der Waals surface area contributed by atoms with Crippen LogP contribution >= 0.6 is 0 Å². The summed E-state index contributed by atoms with van der Waals surface area (Å²) in [5.41, 5.74) is 0. The molecule has 2 nitrogen and oxygen atoms in total. The molecule has 19 heavy (non-hydrogen) atoms. The maximum absolute atomic E-state index is 2.47. The van der Waals surface area contributed by atoms with E-state index in [2.05, 4.69) is 37.7 Å². The molecule has 0 amide bonds. The van der Waals surface area contributed by atoms with Gasteiger partial charge in [0.2, 0.25) is 0 Å². The first-order valence-electron chi connectivity index (χ1n) is 8.56. The summed E-state index contributed by atoms with van der Waals surface area (Å²) in [7, 11) is 4.44. The molecule has 0 unspecified atom stereocenters. The molecule has 2 fully saturated rings. The number of piperidine rings is 1. The van der Waals surface area contributed by atoms with Crippen molar-refractivity contribution in [3.8, 4) is 0 Å². The Kier molecular flexibility index (Phi) is 8.72. The molecule has 2 aliphatic rings. The van der Waals surface area contributed by atoms with Crippen LogP contribution in [0.4, 0.5) is 0 Å². The normalized spacial score (nSPS) is 23.2. The molecular weight excluding hydrogens is 232 g/mol. The molecular formula is C17H36N2. The average molecular weight is 268 g/mol. The first-order chi connectivity index (χ1) is 9.17. The highest BCUT2D eigenvalue weighted by Crippen LogP contribution is 2.25. The van der Waals surface area contributed by atoms with Crippen LogP contribution < -0.4 is 0 Å². The minimum atomic E-state index is 0.844. The van der Waals surface area contributed by atoms with E-state index in [4.69, 9.17) is 0 Å². The van der Waals surface area contributed by atoms with E-state index in [1.807, 2.05) is 0 Å². The van der Waals surface area contributed by atoms with Crippen LogP contribution in [0.15, 0.2) is 0 Å². The van der Waals surface area contributed by atoms with E-state index in [1.54, 1.807) is 0 Å². The van der Waals surface area contributed by atoms with E-state index in [-0.39, 0.29) is 0 Å². The van der Waals surface area contributed by atoms with Gasteiger partial charge in [-0.3, -0.25) is 0 Å². The molecule has 1 aliphatic heterocycles. The van der Waals surface area contributed by atoms with E-state index in [0.29, 0.717) is 0 Å². The van der Waals surface area contributed by atoms with Gasteiger partial charge in [0.15, 0.2) is 0 Å². The zero-order chi connectivity index (χ0) is 14.1. The molecule has 0 radical (unpaired) electrons. The van der Waals surface area contributed by atoms with E-state index < -0.39 is 0 Å². The third-order valence-corrected chi connectivity index (χ3v) is 5.11. The van der Waals surface area contributed by atoms with Gasteiger partial charge in [-0.2, -0.15) is 0 Å². The second kappa shape index (κ2) is 9.77. The molecule has 1 heterocycles. The van der Waals surface area contributed by atoms with E-state index in [1.165, 1.54) is 71.0 Å². The second-order valence-corrected chi connectivity index (χ2v) is 6.52. The molecule has 0 atom stereocenters. The fraction of sp³-hybridized carbons (Fsp3) is 1.00. The van der Waals surface area contributed by atoms with Gasteiger partial charge in [0.05, 0.1) is 0 Å². The topological polar surface area (TPSA) is 6.48 Å². The van der Waals surface area contributed by atoms with Gasteiger partial charge < -0.3 is 9.80 Å². The van der Waals surface area contributed by atoms with Gasteiger partial charge in [-0.05, 0) is 52.5 Å². The summed E-state index contributed by atoms with van der Waals surface area (Å²) >= 11 is 0. The Morgan fingerprint density at radius 1 is 0.947 bits per heavy atom. The molecule has 1 saturated heterocycles. The summed E-state index contributed by atoms with van der Waals surface area (Å²) in [6.07, 6.45) is 11.6. The summed E-state index contributed by atoms with van der Waals surface area (Å²) in [6.45, 7) is 8.28. The summed E-state index contributed by atoms with van der Waals surface area (Å²) in [5, 5.41) is 0. The SMILES string of the molecule is CCC1CCCCC1.CCN(C)C1CCN(C)CC1. The van der Waals surface area contributed by atoms with Gasteiger partial charge in [0.25, 0.3) is 0 Å². The molecule has 1 aliphatic carbocycles. The summed E-state index contributed by atoms with van der Waals surface area (Å²) in [5.74, 6) is 1.09. The molecule has 114 valence electrons. The first kappa shape index (κ1) is 17.0. The summed E-state index contributed by atoms with van der Waals surface area (Å²) in [4.78, 5) is 4.88. The molecule has 2 rings (SSSR count). The summed E-state index contributed by atoms with van der Waals surface area (Å²) in [6, 6.07) is 0.844. The minimum absolute atomic E-state index is 0.844. The fourth-order valence-electron chi connectivity index (χ4n) is 3.29. The predicted octanol–water partition coefficient (Wildman–Crippen LogP) is 4.01. The van der Waals surface area contributed by atoms with Crippen LogP contribution in [0.25, 0.3) is 0 Å². The van der Waals surface area contributed by atoms with Crippen LogP contribution in [0.5, 0.6) is 0 Å². The lowest BCUT2D eigenvalue weighted by molar-refractivity contribution is 0.149. The average Bonchev–Trinajstić information content (AvgIpc) is 2.48. The van der Waals surface area contributed by atoms with Gasteiger partial charge in [-0.15, -0.1) is 0 Å². The highest BCUT2D eigenvalue weighted by Gasteiger charge is 2.18. The fourth-order valence-corrected chi connectivity index (χ4v) is 3.29. The minimum Gasteiger partial charge on any atom is -0.306 e. The van der Waals surface area contributed by atoms with E-state index in [9.17, 15) is 0 Å². The third-order valence-electron chi connectivity index (χ3n) is 5.11. The highest BCUT2D eigenvalue weighted by molar-refractivity contribution is 4.75. The number of hydrogen-bond acceptors (Lipinski definition) is 2. The Labute approximate surface area is 121 Å². The van der Waals surface area contributed by atoms with Gasteiger partial charge >= 0.3 is 0 Å². The van der Waals surface area contributed by atoms with Gasteiger partial charge in [0, 0.05) is 6.04 Å². The lowest BCUT2D eigenvalue weighted by Crippen LogP contribution is -2.41. The van der Waals surface area contributed by atoms with Gasteiger partial charge in [-0.1, -0.05) is 52.4 Å². The monoisotopic (exact) mass is 268 g/mol. The van der Waals surface area contributed by atoms with Crippen molar-refractivity contribution < 1.29 is 0 Å². The van der Waals surface area contributed by atoms with Gasteiger partial charge in [-0.25, -0.2) is 0 Å². The van der Waals surface area contributed by atoms with Crippen molar-refractivity contribution in [2.45, 2.75) is 71.3 Å². The lowest BCUT2D eigenvalue weighted by atomic mass is 9.88. The van der Waals surface area contributed by atoms with Crippen molar-refractivity contribution in [2.24, 2.45) is 5.92 Å². The molecule has 0 aromatic heterocycles. The number of rotatable bonds is 3. The Balaban J connectivity index is 0.000000200. The molecule has 1 saturated carbocycles. The zero-order valence-electron chi connectivity index (χ0n) is 13.8. The van der Waals surface area contributed by atoms with E-state index >= 15 is 0 Å². The summed E-state index contributed by atoms with van der Waals surface area (Å²) < 4.78 is 0. The van der Waals surface area contributed by atoms with Crippen molar-refractivity contribution in [3.63, 3.8) is 0 Å². The third kappa shape index (κ3) is 6.76. The molecule has 2 heteroatoms. The van der Waals surface area contributed by atoms with E-state index in [0.717, 1.165) is 12.0 Å². The van der Waals surface area contributed by atoms with Crippen LogP contribution in [-0.4, -0.2) is 49.6 Å². The quantitative estimate of drug-likeness (QED) is 0.763. The molecule has 0 N–H and O–H groups in total. The Morgan fingerprint density at radius 3 is 1.95 bits per heavy atom. The first-order valence-corrected chi connectivity index (χ1v) is 8.56. The largest absolute Gasteiger partial charge is 0.306 e. The van der Waals surface area contributed by atoms with Crippen LogP contribution in [0, 0.1) is 5.92 Å². The molecule has 0 aromatic carbocycles. The number of likely N-dealkylation sites (tertiary alicyclic amines) is 1. The highest BCUT2D eigenvalue weighted by atomic mass is 15.2. The van der Waals surface area contributed by atoms with Crippen molar-refractivity contribution in [1.29, 1.82) is 0 Å².